The number of hydrogen-bond donors (Lipinski definition) is 0. The van der Waals surface area contributed by atoms with Gasteiger partial charge in [0.15, 0.2) is 11.6 Å². The van der Waals surface area contributed by atoms with Gasteiger partial charge in [0.1, 0.15) is 0 Å². The third kappa shape index (κ3) is 2.13. The number of aryl methyl sites for hydroxylation is 1. The van der Waals surface area contributed by atoms with Crippen molar-refractivity contribution in [2.75, 3.05) is 0 Å². The van der Waals surface area contributed by atoms with Gasteiger partial charge < -0.3 is 4.74 Å². The number of rotatable bonds is 1. The summed E-state index contributed by atoms with van der Waals surface area (Å²) >= 11 is 0. The number of ether oxygens (including phenoxy) is 1. The second-order valence-corrected chi connectivity index (χ2v) is 3.46. The molecular weight excluding hydrogens is 190 g/mol. The van der Waals surface area contributed by atoms with Gasteiger partial charge in [0.2, 0.25) is 0 Å². The second kappa shape index (κ2) is 3.69. The number of carbonyl (C=O) groups excluding carboxylic acids is 1. The molecule has 1 aliphatic heterocycles. The highest BCUT2D eigenvalue weighted by molar-refractivity contribution is 6.06. The van der Waals surface area contributed by atoms with Gasteiger partial charge in [-0.3, -0.25) is 0 Å². The van der Waals surface area contributed by atoms with Crippen LogP contribution in [0.25, 0.3) is 6.08 Å². The number of benzene rings is 1. The zero-order valence-electron chi connectivity index (χ0n) is 8.65. The standard InChI is InChI=1S/C12H11NO2/c1-8-4-3-5-10(6-8)7-11-12(14)15-9(2)13-11/h3-7H,1-2H3. The molecule has 0 spiro atoms. The van der Waals surface area contributed by atoms with E-state index in [-0.39, 0.29) is 5.97 Å². The lowest BCUT2D eigenvalue weighted by atomic mass is 10.1. The quantitative estimate of drug-likeness (QED) is 0.516. The van der Waals surface area contributed by atoms with Crippen LogP contribution < -0.4 is 0 Å². The SMILES string of the molecule is CC1=NC(=Cc2cccc(C)c2)C(=O)O1. The lowest BCUT2D eigenvalue weighted by Gasteiger charge is -1.95. The predicted octanol–water partition coefficient (Wildman–Crippen LogP) is 2.31. The first-order valence-corrected chi connectivity index (χ1v) is 4.71. The van der Waals surface area contributed by atoms with Gasteiger partial charge in [-0.1, -0.05) is 29.8 Å². The molecule has 3 nitrogen and oxygen atoms in total. The van der Waals surface area contributed by atoms with Crippen molar-refractivity contribution in [1.29, 1.82) is 0 Å². The molecule has 76 valence electrons. The molecule has 0 bridgehead atoms. The molecule has 0 saturated heterocycles. The topological polar surface area (TPSA) is 38.7 Å². The maximum atomic E-state index is 11.3. The van der Waals surface area contributed by atoms with E-state index in [1.165, 1.54) is 0 Å². The fraction of sp³-hybridized carbons (Fsp3) is 0.167. The van der Waals surface area contributed by atoms with E-state index in [4.69, 9.17) is 4.74 Å². The molecule has 0 atom stereocenters. The average molecular weight is 201 g/mol. The summed E-state index contributed by atoms with van der Waals surface area (Å²) in [5.41, 5.74) is 2.47. The molecule has 0 unspecified atom stereocenters. The first-order chi connectivity index (χ1) is 7.15. The zero-order valence-corrected chi connectivity index (χ0v) is 8.65. The van der Waals surface area contributed by atoms with Crippen molar-refractivity contribution in [3.63, 3.8) is 0 Å². The van der Waals surface area contributed by atoms with Crippen molar-refractivity contribution in [2.45, 2.75) is 13.8 Å². The van der Waals surface area contributed by atoms with E-state index < -0.39 is 0 Å². The zero-order chi connectivity index (χ0) is 10.8. The number of aliphatic imine (C=N–C) groups is 1. The van der Waals surface area contributed by atoms with Crippen LogP contribution in [0.3, 0.4) is 0 Å². The molecule has 0 saturated carbocycles. The fourth-order valence-corrected chi connectivity index (χ4v) is 1.43. The Morgan fingerprint density at radius 3 is 2.73 bits per heavy atom. The molecule has 0 radical (unpaired) electrons. The molecule has 0 amide bonds. The fourth-order valence-electron chi connectivity index (χ4n) is 1.43. The summed E-state index contributed by atoms with van der Waals surface area (Å²) < 4.78 is 4.82. The Hall–Kier alpha value is -1.90. The Morgan fingerprint density at radius 2 is 2.13 bits per heavy atom. The minimum Gasteiger partial charge on any atom is -0.407 e. The van der Waals surface area contributed by atoms with Crippen molar-refractivity contribution in [3.05, 3.63) is 41.1 Å². The summed E-state index contributed by atoms with van der Waals surface area (Å²) in [4.78, 5) is 15.3. The minimum absolute atomic E-state index is 0.359. The van der Waals surface area contributed by atoms with E-state index in [0.29, 0.717) is 11.6 Å². The van der Waals surface area contributed by atoms with E-state index in [1.807, 2.05) is 31.2 Å². The van der Waals surface area contributed by atoms with E-state index in [9.17, 15) is 4.79 Å². The van der Waals surface area contributed by atoms with Crippen LogP contribution in [0.15, 0.2) is 35.0 Å². The molecule has 1 aliphatic rings. The van der Waals surface area contributed by atoms with Crippen LogP contribution in [-0.4, -0.2) is 11.9 Å². The number of esters is 1. The molecule has 1 heterocycles. The van der Waals surface area contributed by atoms with Gasteiger partial charge in [0, 0.05) is 6.92 Å². The van der Waals surface area contributed by atoms with Crippen molar-refractivity contribution in [3.8, 4) is 0 Å². The highest BCUT2D eigenvalue weighted by Gasteiger charge is 2.19. The summed E-state index contributed by atoms with van der Waals surface area (Å²) in [6, 6.07) is 7.86. The van der Waals surface area contributed by atoms with Crippen LogP contribution in [0, 0.1) is 6.92 Å². The smallest absolute Gasteiger partial charge is 0.363 e. The van der Waals surface area contributed by atoms with E-state index in [0.717, 1.165) is 11.1 Å². The van der Waals surface area contributed by atoms with E-state index in [2.05, 4.69) is 4.99 Å². The summed E-state index contributed by atoms with van der Waals surface area (Å²) in [5.74, 6) is 0.0212. The van der Waals surface area contributed by atoms with Gasteiger partial charge in [-0.15, -0.1) is 0 Å². The summed E-state index contributed by atoms with van der Waals surface area (Å²) in [5, 5.41) is 0. The molecule has 0 fully saturated rings. The Balaban J connectivity index is 2.35. The Labute approximate surface area is 88.1 Å². The highest BCUT2D eigenvalue weighted by atomic mass is 16.6. The van der Waals surface area contributed by atoms with Crippen LogP contribution in [-0.2, 0) is 9.53 Å². The third-order valence-corrected chi connectivity index (χ3v) is 2.07. The van der Waals surface area contributed by atoms with Gasteiger partial charge in [-0.25, -0.2) is 9.79 Å². The van der Waals surface area contributed by atoms with Crippen LogP contribution in [0.2, 0.25) is 0 Å². The molecule has 0 N–H and O–H groups in total. The normalized spacial score (nSPS) is 17.9. The van der Waals surface area contributed by atoms with Crippen LogP contribution >= 0.6 is 0 Å². The van der Waals surface area contributed by atoms with Crippen molar-refractivity contribution in [2.24, 2.45) is 4.99 Å². The van der Waals surface area contributed by atoms with Gasteiger partial charge in [-0.05, 0) is 18.6 Å². The first-order valence-electron chi connectivity index (χ1n) is 4.71. The van der Waals surface area contributed by atoms with Crippen LogP contribution in [0.5, 0.6) is 0 Å². The van der Waals surface area contributed by atoms with Crippen molar-refractivity contribution >= 4 is 17.9 Å². The Morgan fingerprint density at radius 1 is 1.33 bits per heavy atom. The van der Waals surface area contributed by atoms with Gasteiger partial charge in [0.05, 0.1) is 0 Å². The molecule has 1 aromatic carbocycles. The third-order valence-electron chi connectivity index (χ3n) is 2.07. The van der Waals surface area contributed by atoms with Crippen LogP contribution in [0.4, 0.5) is 0 Å². The predicted molar refractivity (Wildman–Crippen MR) is 58.4 cm³/mol. The summed E-state index contributed by atoms with van der Waals surface area (Å²) in [7, 11) is 0. The molecule has 2 rings (SSSR count). The van der Waals surface area contributed by atoms with Gasteiger partial charge in [0.25, 0.3) is 0 Å². The lowest BCUT2D eigenvalue weighted by molar-refractivity contribution is -0.130. The molecule has 15 heavy (non-hydrogen) atoms. The summed E-state index contributed by atoms with van der Waals surface area (Å²) in [6.45, 7) is 3.67. The summed E-state index contributed by atoms with van der Waals surface area (Å²) in [6.07, 6.45) is 1.73. The Kier molecular flexibility index (Phi) is 2.37. The maximum absolute atomic E-state index is 11.3. The first kappa shape index (κ1) is 9.65. The highest BCUT2D eigenvalue weighted by Crippen LogP contribution is 2.15. The van der Waals surface area contributed by atoms with Crippen molar-refractivity contribution < 1.29 is 9.53 Å². The molecule has 0 aliphatic carbocycles. The second-order valence-electron chi connectivity index (χ2n) is 3.46. The number of cyclic esters (lactones) is 1. The number of hydrogen-bond acceptors (Lipinski definition) is 3. The number of nitrogens with zero attached hydrogens (tertiary/aromatic N) is 1. The maximum Gasteiger partial charge on any atom is 0.363 e. The number of carbonyl (C=O) groups is 1. The molecule has 3 heteroatoms. The largest absolute Gasteiger partial charge is 0.407 e. The monoisotopic (exact) mass is 201 g/mol. The molecule has 1 aromatic rings. The van der Waals surface area contributed by atoms with E-state index in [1.54, 1.807) is 13.0 Å². The van der Waals surface area contributed by atoms with E-state index >= 15 is 0 Å². The van der Waals surface area contributed by atoms with Gasteiger partial charge in [-0.2, -0.15) is 0 Å². The van der Waals surface area contributed by atoms with Crippen LogP contribution in [0.1, 0.15) is 18.1 Å². The minimum atomic E-state index is -0.381. The van der Waals surface area contributed by atoms with Gasteiger partial charge >= 0.3 is 5.97 Å². The molecular formula is C12H11NO2. The lowest BCUT2D eigenvalue weighted by Crippen LogP contribution is -1.99. The Bertz CT molecular complexity index is 472. The molecule has 0 aromatic heterocycles. The average Bonchev–Trinajstić information content (AvgIpc) is 2.45. The van der Waals surface area contributed by atoms with Crippen molar-refractivity contribution in [1.82, 2.24) is 0 Å².